The highest BCUT2D eigenvalue weighted by molar-refractivity contribution is 9.10. The highest BCUT2D eigenvalue weighted by atomic mass is 79.9. The van der Waals surface area contributed by atoms with Gasteiger partial charge in [-0.2, -0.15) is 0 Å². The summed E-state index contributed by atoms with van der Waals surface area (Å²) in [7, 11) is 0. The third kappa shape index (κ3) is 4.25. The van der Waals surface area contributed by atoms with Crippen LogP contribution < -0.4 is 10.1 Å². The predicted octanol–water partition coefficient (Wildman–Crippen LogP) is 3.81. The van der Waals surface area contributed by atoms with Crippen molar-refractivity contribution in [3.63, 3.8) is 0 Å². The number of aromatic nitrogens is 1. The van der Waals surface area contributed by atoms with Crippen LogP contribution in [0.2, 0.25) is 0 Å². The molecule has 21 heavy (non-hydrogen) atoms. The largest absolute Gasteiger partial charge is 0.486 e. The molecule has 0 spiro atoms. The van der Waals surface area contributed by atoms with Crippen molar-refractivity contribution in [1.82, 2.24) is 10.3 Å². The fourth-order valence-electron chi connectivity index (χ4n) is 1.93. The van der Waals surface area contributed by atoms with E-state index in [9.17, 15) is 4.39 Å². The molecule has 0 unspecified atom stereocenters. The summed E-state index contributed by atoms with van der Waals surface area (Å²) in [5.74, 6) is 0.166. The molecule has 1 fully saturated rings. The monoisotopic (exact) mass is 350 g/mol. The van der Waals surface area contributed by atoms with Crippen LogP contribution in [0.25, 0.3) is 0 Å². The minimum Gasteiger partial charge on any atom is -0.486 e. The Hall–Kier alpha value is -1.46. The lowest BCUT2D eigenvalue weighted by atomic mass is 10.2. The second-order valence-electron chi connectivity index (χ2n) is 5.18. The van der Waals surface area contributed by atoms with Crippen molar-refractivity contribution in [3.05, 3.63) is 58.1 Å². The van der Waals surface area contributed by atoms with Gasteiger partial charge in [-0.05, 0) is 52.5 Å². The average molecular weight is 351 g/mol. The maximum Gasteiger partial charge on any atom is 0.136 e. The van der Waals surface area contributed by atoms with Crippen LogP contribution in [0, 0.1) is 5.82 Å². The van der Waals surface area contributed by atoms with Gasteiger partial charge in [0.2, 0.25) is 0 Å². The third-order valence-electron chi connectivity index (χ3n) is 3.33. The second kappa shape index (κ2) is 6.54. The van der Waals surface area contributed by atoms with Gasteiger partial charge in [-0.3, -0.25) is 4.98 Å². The van der Waals surface area contributed by atoms with Gasteiger partial charge < -0.3 is 10.1 Å². The molecule has 5 heteroatoms. The Labute approximate surface area is 131 Å². The Balaban J connectivity index is 1.55. The number of hydrogen-bond acceptors (Lipinski definition) is 3. The van der Waals surface area contributed by atoms with E-state index in [1.54, 1.807) is 6.07 Å². The van der Waals surface area contributed by atoms with Gasteiger partial charge >= 0.3 is 0 Å². The van der Waals surface area contributed by atoms with Gasteiger partial charge in [-0.25, -0.2) is 4.39 Å². The van der Waals surface area contributed by atoms with E-state index in [1.165, 1.54) is 25.0 Å². The van der Waals surface area contributed by atoms with Crippen LogP contribution >= 0.6 is 15.9 Å². The van der Waals surface area contributed by atoms with E-state index in [1.807, 2.05) is 18.3 Å². The maximum absolute atomic E-state index is 13.2. The molecule has 0 amide bonds. The van der Waals surface area contributed by atoms with Crippen molar-refractivity contribution in [2.75, 3.05) is 0 Å². The van der Waals surface area contributed by atoms with E-state index in [2.05, 4.69) is 26.2 Å². The molecular formula is C16H16BrFN2O. The lowest BCUT2D eigenvalue weighted by Crippen LogP contribution is -2.15. The number of pyridine rings is 1. The Morgan fingerprint density at radius 2 is 2.14 bits per heavy atom. The van der Waals surface area contributed by atoms with Crippen LogP contribution in [0.5, 0.6) is 5.75 Å². The van der Waals surface area contributed by atoms with Crippen LogP contribution in [0.15, 0.2) is 41.0 Å². The number of ether oxygens (including phenoxy) is 1. The highest BCUT2D eigenvalue weighted by Crippen LogP contribution is 2.26. The zero-order chi connectivity index (χ0) is 14.7. The molecule has 0 atom stereocenters. The summed E-state index contributed by atoms with van der Waals surface area (Å²) < 4.78 is 19.5. The summed E-state index contributed by atoms with van der Waals surface area (Å²) in [5, 5.41) is 3.44. The first kappa shape index (κ1) is 14.5. The molecule has 1 heterocycles. The number of benzene rings is 1. The molecule has 3 rings (SSSR count). The fraction of sp³-hybridized carbons (Fsp3) is 0.312. The lowest BCUT2D eigenvalue weighted by Gasteiger charge is -2.08. The second-order valence-corrected chi connectivity index (χ2v) is 6.03. The summed E-state index contributed by atoms with van der Waals surface area (Å²) in [6, 6.07) is 9.05. The molecule has 2 aromatic rings. The Morgan fingerprint density at radius 3 is 2.86 bits per heavy atom. The van der Waals surface area contributed by atoms with Gasteiger partial charge in [0.1, 0.15) is 18.2 Å². The van der Waals surface area contributed by atoms with Crippen LogP contribution in [-0.4, -0.2) is 11.0 Å². The van der Waals surface area contributed by atoms with E-state index in [4.69, 9.17) is 4.74 Å². The van der Waals surface area contributed by atoms with Crippen LogP contribution in [0.4, 0.5) is 4.39 Å². The number of nitrogens with zero attached hydrogens (tertiary/aromatic N) is 1. The van der Waals surface area contributed by atoms with Gasteiger partial charge in [-0.15, -0.1) is 0 Å². The molecule has 0 saturated heterocycles. The van der Waals surface area contributed by atoms with E-state index >= 15 is 0 Å². The topological polar surface area (TPSA) is 34.1 Å². The quantitative estimate of drug-likeness (QED) is 0.859. The van der Waals surface area contributed by atoms with Crippen molar-refractivity contribution < 1.29 is 9.13 Å². The number of rotatable bonds is 6. The van der Waals surface area contributed by atoms with Gasteiger partial charge in [-0.1, -0.05) is 6.07 Å². The molecule has 1 N–H and O–H groups in total. The minimum atomic E-state index is -0.317. The average Bonchev–Trinajstić information content (AvgIpc) is 3.31. The molecule has 1 aliphatic carbocycles. The molecule has 1 aliphatic rings. The molecule has 1 aromatic carbocycles. The van der Waals surface area contributed by atoms with Crippen molar-refractivity contribution in [3.8, 4) is 5.75 Å². The number of hydrogen-bond donors (Lipinski definition) is 1. The predicted molar refractivity (Wildman–Crippen MR) is 82.5 cm³/mol. The highest BCUT2D eigenvalue weighted by Gasteiger charge is 2.19. The van der Waals surface area contributed by atoms with Crippen LogP contribution in [-0.2, 0) is 13.2 Å². The normalized spacial score (nSPS) is 14.2. The van der Waals surface area contributed by atoms with Gasteiger partial charge in [0.15, 0.2) is 0 Å². The number of halogens is 2. The smallest absolute Gasteiger partial charge is 0.136 e. The summed E-state index contributed by atoms with van der Waals surface area (Å²) in [6.07, 6.45) is 4.42. The first-order chi connectivity index (χ1) is 10.2. The summed E-state index contributed by atoms with van der Waals surface area (Å²) >= 11 is 3.34. The Kier molecular flexibility index (Phi) is 4.51. The SMILES string of the molecule is Fc1ccc(Br)c(OCc2ccc(CNC3CC3)cn2)c1. The fourth-order valence-corrected chi connectivity index (χ4v) is 2.30. The maximum atomic E-state index is 13.2. The molecule has 1 aromatic heterocycles. The lowest BCUT2D eigenvalue weighted by molar-refractivity contribution is 0.297. The summed E-state index contributed by atoms with van der Waals surface area (Å²) in [4.78, 5) is 4.37. The molecule has 1 saturated carbocycles. The van der Waals surface area contributed by atoms with Crippen molar-refractivity contribution >= 4 is 15.9 Å². The van der Waals surface area contributed by atoms with Gasteiger partial charge in [0.25, 0.3) is 0 Å². The van der Waals surface area contributed by atoms with E-state index < -0.39 is 0 Å². The number of nitrogens with one attached hydrogen (secondary N) is 1. The van der Waals surface area contributed by atoms with Crippen molar-refractivity contribution in [2.24, 2.45) is 0 Å². The Bertz CT molecular complexity index is 614. The molecular weight excluding hydrogens is 335 g/mol. The van der Waals surface area contributed by atoms with Gasteiger partial charge in [0, 0.05) is 24.8 Å². The molecule has 0 radical (unpaired) electrons. The van der Waals surface area contributed by atoms with E-state index in [0.717, 1.165) is 22.3 Å². The summed E-state index contributed by atoms with van der Waals surface area (Å²) in [5.41, 5.74) is 1.99. The first-order valence-corrected chi connectivity index (χ1v) is 7.75. The molecule has 0 bridgehead atoms. The van der Waals surface area contributed by atoms with Crippen molar-refractivity contribution in [2.45, 2.75) is 32.0 Å². The minimum absolute atomic E-state index is 0.317. The van der Waals surface area contributed by atoms with Crippen LogP contribution in [0.3, 0.4) is 0 Å². The molecule has 110 valence electrons. The van der Waals surface area contributed by atoms with E-state index in [0.29, 0.717) is 18.4 Å². The molecule has 3 nitrogen and oxygen atoms in total. The third-order valence-corrected chi connectivity index (χ3v) is 3.98. The Morgan fingerprint density at radius 1 is 1.29 bits per heavy atom. The first-order valence-electron chi connectivity index (χ1n) is 6.96. The van der Waals surface area contributed by atoms with E-state index in [-0.39, 0.29) is 5.82 Å². The standard InChI is InChI=1S/C16H16BrFN2O/c17-15-6-2-12(18)7-16(15)21-10-14-3-1-11(9-20-14)8-19-13-4-5-13/h1-3,6-7,9,13,19H,4-5,8,10H2. The van der Waals surface area contributed by atoms with Crippen molar-refractivity contribution in [1.29, 1.82) is 0 Å². The zero-order valence-electron chi connectivity index (χ0n) is 11.5. The summed E-state index contributed by atoms with van der Waals surface area (Å²) in [6.45, 7) is 1.17. The van der Waals surface area contributed by atoms with Crippen LogP contribution in [0.1, 0.15) is 24.1 Å². The van der Waals surface area contributed by atoms with Gasteiger partial charge in [0.05, 0.1) is 10.2 Å². The molecule has 0 aliphatic heterocycles. The zero-order valence-corrected chi connectivity index (χ0v) is 13.1.